The molecule has 4 rings (SSSR count). The van der Waals surface area contributed by atoms with Gasteiger partial charge in [-0.3, -0.25) is 4.79 Å². The fraction of sp³-hybridized carbons (Fsp3) is 0.100. The molecule has 2 aromatic heterocycles. The van der Waals surface area contributed by atoms with Crippen LogP contribution in [0.2, 0.25) is 5.02 Å². The van der Waals surface area contributed by atoms with Crippen molar-refractivity contribution in [1.29, 1.82) is 0 Å². The molecule has 0 fully saturated rings. The fourth-order valence-electron chi connectivity index (χ4n) is 2.83. The van der Waals surface area contributed by atoms with Crippen LogP contribution in [0.3, 0.4) is 0 Å². The van der Waals surface area contributed by atoms with Gasteiger partial charge >= 0.3 is 0 Å². The summed E-state index contributed by atoms with van der Waals surface area (Å²) in [6, 6.07) is 15.1. The molecule has 1 N–H and O–H groups in total. The number of rotatable bonds is 5. The summed E-state index contributed by atoms with van der Waals surface area (Å²) >= 11 is 7.96. The number of ether oxygens (including phenoxy) is 1. The Kier molecular flexibility index (Phi) is 4.83. The minimum Gasteiger partial charge on any atom is -0.496 e. The summed E-state index contributed by atoms with van der Waals surface area (Å²) in [7, 11) is 1.53. The van der Waals surface area contributed by atoms with Gasteiger partial charge in [0.05, 0.1) is 40.1 Å². The number of para-hydroxylation sites is 1. The third-order valence-electron chi connectivity index (χ3n) is 4.13. The van der Waals surface area contributed by atoms with Crippen LogP contribution in [0.1, 0.15) is 15.4 Å². The Morgan fingerprint density at radius 2 is 2.00 bits per heavy atom. The fourth-order valence-corrected chi connectivity index (χ4v) is 4.00. The second-order valence-electron chi connectivity index (χ2n) is 5.85. The highest BCUT2D eigenvalue weighted by atomic mass is 35.5. The van der Waals surface area contributed by atoms with Gasteiger partial charge in [-0.25, -0.2) is 4.98 Å². The average molecular weight is 398 g/mol. The van der Waals surface area contributed by atoms with Crippen LogP contribution in [-0.4, -0.2) is 22.6 Å². The molecule has 0 saturated carbocycles. The monoisotopic (exact) mass is 397 g/mol. The van der Waals surface area contributed by atoms with Gasteiger partial charge in [-0.05, 0) is 30.3 Å². The van der Waals surface area contributed by atoms with Crippen LogP contribution in [0.15, 0.2) is 60.9 Å². The summed E-state index contributed by atoms with van der Waals surface area (Å²) < 4.78 is 8.38. The largest absolute Gasteiger partial charge is 0.496 e. The first-order valence-corrected chi connectivity index (χ1v) is 9.48. The van der Waals surface area contributed by atoms with Crippen LogP contribution < -0.4 is 10.1 Å². The van der Waals surface area contributed by atoms with Crippen LogP contribution >= 0.6 is 22.9 Å². The predicted octanol–water partition coefficient (Wildman–Crippen LogP) is 4.68. The van der Waals surface area contributed by atoms with Crippen molar-refractivity contribution in [3.63, 3.8) is 0 Å². The number of amides is 1. The van der Waals surface area contributed by atoms with Gasteiger partial charge in [0, 0.05) is 18.5 Å². The number of carbonyl (C=O) groups excluding carboxylic acids is 1. The maximum atomic E-state index is 12.7. The highest BCUT2D eigenvalue weighted by Crippen LogP contribution is 2.30. The Labute approximate surface area is 165 Å². The zero-order chi connectivity index (χ0) is 18.8. The Hall–Kier alpha value is -2.83. The first-order chi connectivity index (χ1) is 13.2. The number of hydrogen-bond acceptors (Lipinski definition) is 4. The quantitative estimate of drug-likeness (QED) is 0.532. The number of aromatic nitrogens is 2. The van der Waals surface area contributed by atoms with E-state index in [2.05, 4.69) is 10.3 Å². The number of fused-ring (bicyclic) bond motifs is 1. The lowest BCUT2D eigenvalue weighted by Gasteiger charge is -2.13. The van der Waals surface area contributed by atoms with Crippen LogP contribution in [0, 0.1) is 0 Å². The smallest absolute Gasteiger partial charge is 0.255 e. The summed E-state index contributed by atoms with van der Waals surface area (Å²) in [5.74, 6) is 0.206. The number of benzene rings is 2. The van der Waals surface area contributed by atoms with E-state index in [1.807, 2.05) is 53.4 Å². The van der Waals surface area contributed by atoms with Crippen molar-refractivity contribution in [3.8, 4) is 11.4 Å². The van der Waals surface area contributed by atoms with Crippen molar-refractivity contribution in [2.24, 2.45) is 0 Å². The lowest BCUT2D eigenvalue weighted by molar-refractivity contribution is 0.0948. The molecule has 4 aromatic rings. The maximum absolute atomic E-state index is 12.7. The van der Waals surface area contributed by atoms with Gasteiger partial charge in [-0.1, -0.05) is 23.7 Å². The van der Waals surface area contributed by atoms with Crippen LogP contribution in [-0.2, 0) is 6.54 Å². The Morgan fingerprint density at radius 3 is 2.74 bits per heavy atom. The highest BCUT2D eigenvalue weighted by molar-refractivity contribution is 7.18. The van der Waals surface area contributed by atoms with Gasteiger partial charge in [0.1, 0.15) is 10.8 Å². The van der Waals surface area contributed by atoms with E-state index >= 15 is 0 Å². The molecule has 0 radical (unpaired) electrons. The molecular formula is C20H16ClN3O2S. The molecule has 0 unspecified atom stereocenters. The first kappa shape index (κ1) is 17.6. The number of carbonyl (C=O) groups is 1. The maximum Gasteiger partial charge on any atom is 0.255 e. The van der Waals surface area contributed by atoms with E-state index in [1.54, 1.807) is 23.5 Å². The molecule has 0 atom stereocenters. The zero-order valence-electron chi connectivity index (χ0n) is 14.5. The number of nitrogens with one attached hydrogen (secondary N) is 1. The van der Waals surface area contributed by atoms with Crippen molar-refractivity contribution < 1.29 is 9.53 Å². The number of thiazole rings is 1. The summed E-state index contributed by atoms with van der Waals surface area (Å²) in [4.78, 5) is 17.2. The summed E-state index contributed by atoms with van der Waals surface area (Å²) in [5, 5.41) is 4.21. The summed E-state index contributed by atoms with van der Waals surface area (Å²) in [5.41, 5.74) is 2.07. The van der Waals surface area contributed by atoms with Gasteiger partial charge in [-0.15, -0.1) is 11.3 Å². The normalized spacial score (nSPS) is 10.9. The van der Waals surface area contributed by atoms with Gasteiger partial charge in [0.25, 0.3) is 5.91 Å². The standard InChI is InChI=1S/C20H16ClN3O2S/c1-26-17-11-16(24-8-4-5-9-24)14(21)10-13(17)20(25)22-12-19-23-15-6-2-3-7-18(15)27-19/h2-11H,12H2,1H3,(H,22,25). The van der Waals surface area contributed by atoms with Gasteiger partial charge in [0.2, 0.25) is 0 Å². The Morgan fingerprint density at radius 1 is 1.22 bits per heavy atom. The van der Waals surface area contributed by atoms with E-state index in [0.717, 1.165) is 20.9 Å². The first-order valence-electron chi connectivity index (χ1n) is 8.29. The Bertz CT molecular complexity index is 1070. The van der Waals surface area contributed by atoms with Gasteiger partial charge < -0.3 is 14.6 Å². The molecule has 0 aliphatic heterocycles. The highest BCUT2D eigenvalue weighted by Gasteiger charge is 2.17. The van der Waals surface area contributed by atoms with Crippen molar-refractivity contribution in [2.75, 3.05) is 7.11 Å². The second kappa shape index (κ2) is 7.42. The molecule has 27 heavy (non-hydrogen) atoms. The third kappa shape index (κ3) is 3.54. The number of hydrogen-bond donors (Lipinski definition) is 1. The van der Waals surface area contributed by atoms with Gasteiger partial charge in [0.15, 0.2) is 0 Å². The van der Waals surface area contributed by atoms with E-state index in [4.69, 9.17) is 16.3 Å². The van der Waals surface area contributed by atoms with Crippen molar-refractivity contribution >= 4 is 39.1 Å². The van der Waals surface area contributed by atoms with Crippen LogP contribution in [0.4, 0.5) is 0 Å². The summed E-state index contributed by atoms with van der Waals surface area (Å²) in [6.07, 6.45) is 3.76. The van der Waals surface area contributed by atoms with Crippen LogP contribution in [0.5, 0.6) is 5.75 Å². The zero-order valence-corrected chi connectivity index (χ0v) is 16.1. The van der Waals surface area contributed by atoms with Crippen molar-refractivity contribution in [1.82, 2.24) is 14.9 Å². The molecule has 2 aromatic carbocycles. The number of nitrogens with zero attached hydrogens (tertiary/aromatic N) is 2. The molecule has 0 saturated heterocycles. The topological polar surface area (TPSA) is 56.1 Å². The van der Waals surface area contributed by atoms with Crippen molar-refractivity contribution in [2.45, 2.75) is 6.54 Å². The van der Waals surface area contributed by atoms with E-state index in [9.17, 15) is 4.79 Å². The molecule has 1 amide bonds. The summed E-state index contributed by atoms with van der Waals surface area (Å²) in [6.45, 7) is 0.346. The molecular weight excluding hydrogens is 382 g/mol. The van der Waals surface area contributed by atoms with Crippen LogP contribution in [0.25, 0.3) is 15.9 Å². The Balaban J connectivity index is 1.56. The number of methoxy groups -OCH3 is 1. The lowest BCUT2D eigenvalue weighted by atomic mass is 10.1. The van der Waals surface area contributed by atoms with Gasteiger partial charge in [-0.2, -0.15) is 0 Å². The van der Waals surface area contributed by atoms with E-state index in [-0.39, 0.29) is 5.91 Å². The molecule has 136 valence electrons. The molecule has 5 nitrogen and oxygen atoms in total. The molecule has 0 bridgehead atoms. The van der Waals surface area contributed by atoms with E-state index in [1.165, 1.54) is 7.11 Å². The molecule has 0 aliphatic rings. The number of halogens is 1. The SMILES string of the molecule is COc1cc(-n2cccc2)c(Cl)cc1C(=O)NCc1nc2ccccc2s1. The predicted molar refractivity (Wildman–Crippen MR) is 108 cm³/mol. The minimum atomic E-state index is -0.257. The molecule has 2 heterocycles. The molecule has 0 spiro atoms. The van der Waals surface area contributed by atoms with E-state index < -0.39 is 0 Å². The lowest BCUT2D eigenvalue weighted by Crippen LogP contribution is -2.23. The molecule has 7 heteroatoms. The van der Waals surface area contributed by atoms with E-state index in [0.29, 0.717) is 22.9 Å². The third-order valence-corrected chi connectivity index (χ3v) is 5.47. The average Bonchev–Trinajstić information content (AvgIpc) is 3.35. The second-order valence-corrected chi connectivity index (χ2v) is 7.37. The van der Waals surface area contributed by atoms with Crippen molar-refractivity contribution in [3.05, 3.63) is 76.5 Å². The minimum absolute atomic E-state index is 0.257. The molecule has 0 aliphatic carbocycles.